The summed E-state index contributed by atoms with van der Waals surface area (Å²) < 4.78 is 18.5. The number of para-hydroxylation sites is 1. The van der Waals surface area contributed by atoms with Crippen LogP contribution in [0, 0.1) is 0 Å². The molecule has 1 fully saturated rings. The molecule has 0 aliphatic carbocycles. The zero-order valence-corrected chi connectivity index (χ0v) is 15.6. The number of thioether (sulfide) groups is 1. The minimum absolute atomic E-state index is 0.378. The number of benzene rings is 2. The summed E-state index contributed by atoms with van der Waals surface area (Å²) in [6.45, 7) is 8.23. The first kappa shape index (κ1) is 17.4. The molecule has 24 heavy (non-hydrogen) atoms. The van der Waals surface area contributed by atoms with Crippen LogP contribution in [0.2, 0.25) is 0 Å². The Balaban J connectivity index is 1.97. The molecule has 0 bridgehead atoms. The Hall–Kier alpha value is -1.43. The molecule has 2 aromatic rings. The molecule has 1 aliphatic heterocycles. The SMILES string of the molecule is CSc1ccc(Oc2ccccc2)c(B2OC(C)(C)C(C)(C)O2)c1. The van der Waals surface area contributed by atoms with E-state index in [1.54, 1.807) is 11.8 Å². The van der Waals surface area contributed by atoms with Gasteiger partial charge in [0.15, 0.2) is 0 Å². The Bertz CT molecular complexity index is 700. The van der Waals surface area contributed by atoms with Crippen LogP contribution in [0.4, 0.5) is 0 Å². The lowest BCUT2D eigenvalue weighted by atomic mass is 9.78. The van der Waals surface area contributed by atoms with Gasteiger partial charge in [0.05, 0.1) is 11.2 Å². The van der Waals surface area contributed by atoms with Crippen LogP contribution in [0.15, 0.2) is 53.4 Å². The van der Waals surface area contributed by atoms with Gasteiger partial charge >= 0.3 is 7.12 Å². The number of rotatable bonds is 4. The number of ether oxygens (including phenoxy) is 1. The molecule has 1 saturated heterocycles. The van der Waals surface area contributed by atoms with E-state index in [-0.39, 0.29) is 11.2 Å². The van der Waals surface area contributed by atoms with Crippen molar-refractivity contribution in [3.63, 3.8) is 0 Å². The lowest BCUT2D eigenvalue weighted by Gasteiger charge is -2.32. The molecule has 0 atom stereocenters. The molecule has 0 unspecified atom stereocenters. The quantitative estimate of drug-likeness (QED) is 0.604. The van der Waals surface area contributed by atoms with Gasteiger partial charge in [-0.2, -0.15) is 0 Å². The Morgan fingerprint density at radius 3 is 2.12 bits per heavy atom. The van der Waals surface area contributed by atoms with E-state index in [9.17, 15) is 0 Å². The van der Waals surface area contributed by atoms with E-state index in [4.69, 9.17) is 14.0 Å². The molecule has 3 rings (SSSR count). The van der Waals surface area contributed by atoms with Gasteiger partial charge in [0.2, 0.25) is 0 Å². The second-order valence-corrected chi connectivity index (χ2v) is 7.79. The monoisotopic (exact) mass is 342 g/mol. The first-order chi connectivity index (χ1) is 11.3. The maximum atomic E-state index is 6.22. The first-order valence-corrected chi connectivity index (χ1v) is 9.31. The van der Waals surface area contributed by atoms with Crippen LogP contribution in [0.5, 0.6) is 11.5 Å². The van der Waals surface area contributed by atoms with Crippen LogP contribution < -0.4 is 10.2 Å². The first-order valence-electron chi connectivity index (χ1n) is 8.09. The molecule has 0 aromatic heterocycles. The summed E-state index contributed by atoms with van der Waals surface area (Å²) >= 11 is 1.69. The van der Waals surface area contributed by atoms with E-state index in [1.165, 1.54) is 0 Å². The molecular formula is C19H23BO3S. The highest BCUT2D eigenvalue weighted by molar-refractivity contribution is 7.98. The Kier molecular flexibility index (Phi) is 4.69. The average Bonchev–Trinajstić information content (AvgIpc) is 2.76. The lowest BCUT2D eigenvalue weighted by Crippen LogP contribution is -2.41. The molecule has 126 valence electrons. The Morgan fingerprint density at radius 1 is 0.917 bits per heavy atom. The van der Waals surface area contributed by atoms with Gasteiger partial charge in [-0.25, -0.2) is 0 Å². The number of hydrogen-bond acceptors (Lipinski definition) is 4. The third kappa shape index (κ3) is 3.34. The fourth-order valence-corrected chi connectivity index (χ4v) is 2.97. The van der Waals surface area contributed by atoms with Crippen molar-refractivity contribution in [2.75, 3.05) is 6.26 Å². The lowest BCUT2D eigenvalue weighted by molar-refractivity contribution is 0.00578. The summed E-state index contributed by atoms with van der Waals surface area (Å²) in [4.78, 5) is 1.15. The van der Waals surface area contributed by atoms with Crippen LogP contribution in [-0.4, -0.2) is 24.6 Å². The second-order valence-electron chi connectivity index (χ2n) is 6.91. The fraction of sp³-hybridized carbons (Fsp3) is 0.368. The van der Waals surface area contributed by atoms with Gasteiger partial charge in [0, 0.05) is 10.4 Å². The summed E-state index contributed by atoms with van der Waals surface area (Å²) in [5, 5.41) is 0. The van der Waals surface area contributed by atoms with Crippen molar-refractivity contribution in [2.45, 2.75) is 43.8 Å². The van der Waals surface area contributed by atoms with E-state index >= 15 is 0 Å². The minimum Gasteiger partial charge on any atom is -0.458 e. The summed E-state index contributed by atoms with van der Waals surface area (Å²) in [7, 11) is -0.444. The minimum atomic E-state index is -0.444. The van der Waals surface area contributed by atoms with Crippen molar-refractivity contribution in [2.24, 2.45) is 0 Å². The van der Waals surface area contributed by atoms with E-state index in [0.29, 0.717) is 0 Å². The van der Waals surface area contributed by atoms with Gasteiger partial charge in [-0.05, 0) is 64.3 Å². The van der Waals surface area contributed by atoms with Gasteiger partial charge in [0.1, 0.15) is 11.5 Å². The maximum absolute atomic E-state index is 6.22. The van der Waals surface area contributed by atoms with E-state index in [2.05, 4.69) is 46.1 Å². The van der Waals surface area contributed by atoms with Gasteiger partial charge in [-0.1, -0.05) is 18.2 Å². The van der Waals surface area contributed by atoms with E-state index in [0.717, 1.165) is 21.9 Å². The van der Waals surface area contributed by atoms with Crippen molar-refractivity contribution < 1.29 is 14.0 Å². The predicted octanol–water partition coefficient (Wildman–Crippen LogP) is 4.50. The summed E-state index contributed by atoms with van der Waals surface area (Å²) in [6.07, 6.45) is 2.06. The van der Waals surface area contributed by atoms with Crippen LogP contribution in [0.25, 0.3) is 0 Å². The second kappa shape index (κ2) is 6.47. The van der Waals surface area contributed by atoms with Crippen LogP contribution >= 0.6 is 11.8 Å². The largest absolute Gasteiger partial charge is 0.498 e. The van der Waals surface area contributed by atoms with Gasteiger partial charge in [-0.15, -0.1) is 11.8 Å². The fourth-order valence-electron chi connectivity index (χ4n) is 2.52. The van der Waals surface area contributed by atoms with Crippen LogP contribution in [-0.2, 0) is 9.31 Å². The summed E-state index contributed by atoms with van der Waals surface area (Å²) in [6, 6.07) is 15.9. The van der Waals surface area contributed by atoms with Gasteiger partial charge in [0.25, 0.3) is 0 Å². The molecule has 0 spiro atoms. The molecule has 1 heterocycles. The smallest absolute Gasteiger partial charge is 0.458 e. The molecule has 0 N–H and O–H groups in total. The van der Waals surface area contributed by atoms with Gasteiger partial charge in [-0.3, -0.25) is 0 Å². The van der Waals surface area contributed by atoms with Crippen LogP contribution in [0.1, 0.15) is 27.7 Å². The predicted molar refractivity (Wildman–Crippen MR) is 100 cm³/mol. The van der Waals surface area contributed by atoms with Crippen molar-refractivity contribution in [3.8, 4) is 11.5 Å². The third-order valence-electron chi connectivity index (χ3n) is 4.70. The molecule has 5 heteroatoms. The van der Waals surface area contributed by atoms with E-state index in [1.807, 2.05) is 36.4 Å². The summed E-state index contributed by atoms with van der Waals surface area (Å²) in [5.41, 5.74) is 0.165. The standard InChI is InChI=1S/C19H23BO3S/c1-18(2)19(3,4)23-20(22-18)16-13-15(24-5)11-12-17(16)21-14-9-7-6-8-10-14/h6-13H,1-5H3. The molecule has 0 amide bonds. The van der Waals surface area contributed by atoms with E-state index < -0.39 is 7.12 Å². The molecule has 1 aliphatic rings. The highest BCUT2D eigenvalue weighted by Gasteiger charge is 2.52. The normalized spacial score (nSPS) is 18.6. The van der Waals surface area contributed by atoms with Crippen molar-refractivity contribution in [3.05, 3.63) is 48.5 Å². The van der Waals surface area contributed by atoms with Crippen molar-refractivity contribution in [1.29, 1.82) is 0 Å². The Morgan fingerprint density at radius 2 is 1.54 bits per heavy atom. The third-order valence-corrected chi connectivity index (χ3v) is 5.42. The van der Waals surface area contributed by atoms with Crippen molar-refractivity contribution >= 4 is 24.3 Å². The molecule has 2 aromatic carbocycles. The molecule has 0 radical (unpaired) electrons. The zero-order valence-electron chi connectivity index (χ0n) is 14.8. The zero-order chi connectivity index (χ0) is 17.4. The highest BCUT2D eigenvalue weighted by Crippen LogP contribution is 2.37. The van der Waals surface area contributed by atoms with Crippen molar-refractivity contribution in [1.82, 2.24) is 0 Å². The van der Waals surface area contributed by atoms with Crippen LogP contribution in [0.3, 0.4) is 0 Å². The highest BCUT2D eigenvalue weighted by atomic mass is 32.2. The molecular weight excluding hydrogens is 319 g/mol. The molecule has 3 nitrogen and oxygen atoms in total. The Labute approximate surface area is 148 Å². The topological polar surface area (TPSA) is 27.7 Å². The average molecular weight is 342 g/mol. The van der Waals surface area contributed by atoms with Gasteiger partial charge < -0.3 is 14.0 Å². The number of hydrogen-bond donors (Lipinski definition) is 0. The summed E-state index contributed by atoms with van der Waals surface area (Å²) in [5.74, 6) is 1.56. The maximum Gasteiger partial charge on any atom is 0.498 e. The molecule has 0 saturated carbocycles.